The number of hydrogen-bond donors (Lipinski definition) is 1. The largest absolute Gasteiger partial charge is 0.481 e. The van der Waals surface area contributed by atoms with E-state index >= 15 is 0 Å². The molecular formula is C13H18N2O2. The Morgan fingerprint density at radius 3 is 3.12 bits per heavy atom. The number of likely N-dealkylation sites (tertiary alicyclic amines) is 1. The average Bonchev–Trinajstić information content (AvgIpc) is 2.30. The third-order valence-corrected chi connectivity index (χ3v) is 3.42. The SMILES string of the molecule is CC1(C(=O)O)CCCN(Cc2cccnc2)C1. The quantitative estimate of drug-likeness (QED) is 0.866. The van der Waals surface area contributed by atoms with E-state index < -0.39 is 11.4 Å². The molecule has 0 radical (unpaired) electrons. The highest BCUT2D eigenvalue weighted by Crippen LogP contribution is 2.30. The third-order valence-electron chi connectivity index (χ3n) is 3.42. The molecule has 0 amide bonds. The van der Waals surface area contributed by atoms with Crippen LogP contribution in [-0.2, 0) is 11.3 Å². The Kier molecular flexibility index (Phi) is 3.43. The summed E-state index contributed by atoms with van der Waals surface area (Å²) in [7, 11) is 0. The zero-order chi connectivity index (χ0) is 12.3. The zero-order valence-electron chi connectivity index (χ0n) is 10.1. The van der Waals surface area contributed by atoms with Crippen LogP contribution in [0.1, 0.15) is 25.3 Å². The van der Waals surface area contributed by atoms with Crippen LogP contribution >= 0.6 is 0 Å². The monoisotopic (exact) mass is 234 g/mol. The first-order valence-corrected chi connectivity index (χ1v) is 5.95. The molecule has 4 heteroatoms. The van der Waals surface area contributed by atoms with Gasteiger partial charge in [-0.1, -0.05) is 6.07 Å². The van der Waals surface area contributed by atoms with Crippen molar-refractivity contribution in [3.05, 3.63) is 30.1 Å². The van der Waals surface area contributed by atoms with Crippen LogP contribution in [0.2, 0.25) is 0 Å². The first-order chi connectivity index (χ1) is 8.10. The number of aromatic nitrogens is 1. The van der Waals surface area contributed by atoms with E-state index in [2.05, 4.69) is 9.88 Å². The van der Waals surface area contributed by atoms with Gasteiger partial charge in [-0.3, -0.25) is 14.7 Å². The second-order valence-corrected chi connectivity index (χ2v) is 5.04. The average molecular weight is 234 g/mol. The Morgan fingerprint density at radius 1 is 1.65 bits per heavy atom. The van der Waals surface area contributed by atoms with Crippen molar-refractivity contribution in [1.82, 2.24) is 9.88 Å². The van der Waals surface area contributed by atoms with Crippen molar-refractivity contribution in [2.75, 3.05) is 13.1 Å². The Balaban J connectivity index is 2.01. The number of pyridine rings is 1. The molecule has 1 N–H and O–H groups in total. The van der Waals surface area contributed by atoms with Gasteiger partial charge >= 0.3 is 5.97 Å². The third kappa shape index (κ3) is 2.82. The number of hydrogen-bond acceptors (Lipinski definition) is 3. The summed E-state index contributed by atoms with van der Waals surface area (Å²) in [6, 6.07) is 3.94. The molecule has 1 unspecified atom stereocenters. The van der Waals surface area contributed by atoms with Crippen molar-refractivity contribution >= 4 is 5.97 Å². The molecule has 4 nitrogen and oxygen atoms in total. The van der Waals surface area contributed by atoms with E-state index in [0.29, 0.717) is 6.54 Å². The van der Waals surface area contributed by atoms with Gasteiger partial charge < -0.3 is 5.11 Å². The van der Waals surface area contributed by atoms with Gasteiger partial charge in [0.15, 0.2) is 0 Å². The second-order valence-electron chi connectivity index (χ2n) is 5.04. The normalized spacial score (nSPS) is 25.7. The number of rotatable bonds is 3. The van der Waals surface area contributed by atoms with Gasteiger partial charge in [0.05, 0.1) is 5.41 Å². The standard InChI is InChI=1S/C13H18N2O2/c1-13(12(16)17)5-3-7-15(10-13)9-11-4-2-6-14-8-11/h2,4,6,8H,3,5,7,9-10H2,1H3,(H,16,17). The van der Waals surface area contributed by atoms with Crippen LogP contribution in [0.3, 0.4) is 0 Å². The molecule has 1 aliphatic rings. The van der Waals surface area contributed by atoms with Crippen molar-refractivity contribution in [3.8, 4) is 0 Å². The van der Waals surface area contributed by atoms with Crippen LogP contribution in [0, 0.1) is 5.41 Å². The van der Waals surface area contributed by atoms with Crippen molar-refractivity contribution < 1.29 is 9.90 Å². The first-order valence-electron chi connectivity index (χ1n) is 5.95. The van der Waals surface area contributed by atoms with Gasteiger partial charge in [-0.05, 0) is 37.9 Å². The van der Waals surface area contributed by atoms with Crippen LogP contribution in [0.25, 0.3) is 0 Å². The number of carbonyl (C=O) groups is 1. The molecule has 0 aromatic carbocycles. The molecule has 0 aliphatic carbocycles. The van der Waals surface area contributed by atoms with Crippen molar-refractivity contribution in [2.45, 2.75) is 26.3 Å². The summed E-state index contributed by atoms with van der Waals surface area (Å²) in [5, 5.41) is 9.24. The predicted molar refractivity (Wildman–Crippen MR) is 64.5 cm³/mol. The number of piperidine rings is 1. The molecule has 1 saturated heterocycles. The van der Waals surface area contributed by atoms with Gasteiger partial charge in [0.2, 0.25) is 0 Å². The van der Waals surface area contributed by atoms with Crippen LogP contribution in [0.4, 0.5) is 0 Å². The summed E-state index contributed by atoms with van der Waals surface area (Å²) < 4.78 is 0. The minimum absolute atomic E-state index is 0.597. The van der Waals surface area contributed by atoms with Gasteiger partial charge in [0, 0.05) is 25.5 Å². The topological polar surface area (TPSA) is 53.4 Å². The lowest BCUT2D eigenvalue weighted by molar-refractivity contribution is -0.151. The number of aliphatic carboxylic acids is 1. The van der Waals surface area contributed by atoms with E-state index in [1.165, 1.54) is 0 Å². The molecule has 0 bridgehead atoms. The van der Waals surface area contributed by atoms with E-state index in [1.807, 2.05) is 25.3 Å². The van der Waals surface area contributed by atoms with E-state index in [0.717, 1.165) is 31.5 Å². The molecular weight excluding hydrogens is 216 g/mol. The zero-order valence-corrected chi connectivity index (χ0v) is 10.1. The Hall–Kier alpha value is -1.42. The summed E-state index contributed by atoms with van der Waals surface area (Å²) in [5.74, 6) is -0.687. The molecule has 1 aromatic heterocycles. The summed E-state index contributed by atoms with van der Waals surface area (Å²) in [6.07, 6.45) is 5.31. The van der Waals surface area contributed by atoms with Crippen molar-refractivity contribution in [3.63, 3.8) is 0 Å². The lowest BCUT2D eigenvalue weighted by Crippen LogP contribution is -2.45. The smallest absolute Gasteiger partial charge is 0.310 e. The van der Waals surface area contributed by atoms with Gasteiger partial charge in [0.25, 0.3) is 0 Å². The number of carboxylic acid groups (broad SMARTS) is 1. The van der Waals surface area contributed by atoms with Gasteiger partial charge in [0.1, 0.15) is 0 Å². The molecule has 0 saturated carbocycles. The van der Waals surface area contributed by atoms with Crippen molar-refractivity contribution in [1.29, 1.82) is 0 Å². The molecule has 0 spiro atoms. The minimum atomic E-state index is -0.687. The summed E-state index contributed by atoms with van der Waals surface area (Å²) >= 11 is 0. The maximum Gasteiger partial charge on any atom is 0.310 e. The molecule has 1 atom stereocenters. The highest BCUT2D eigenvalue weighted by Gasteiger charge is 2.37. The molecule has 2 rings (SSSR count). The molecule has 92 valence electrons. The fraction of sp³-hybridized carbons (Fsp3) is 0.538. The lowest BCUT2D eigenvalue weighted by atomic mass is 9.82. The Bertz CT molecular complexity index is 394. The molecule has 1 fully saturated rings. The summed E-state index contributed by atoms with van der Waals surface area (Å²) in [4.78, 5) is 17.5. The number of carboxylic acids is 1. The maximum absolute atomic E-state index is 11.2. The molecule has 1 aromatic rings. The minimum Gasteiger partial charge on any atom is -0.481 e. The summed E-state index contributed by atoms with van der Waals surface area (Å²) in [6.45, 7) is 4.22. The van der Waals surface area contributed by atoms with Crippen LogP contribution in [0.15, 0.2) is 24.5 Å². The van der Waals surface area contributed by atoms with E-state index in [4.69, 9.17) is 0 Å². The van der Waals surface area contributed by atoms with E-state index in [9.17, 15) is 9.90 Å². The van der Waals surface area contributed by atoms with E-state index in [1.54, 1.807) is 6.20 Å². The molecule has 17 heavy (non-hydrogen) atoms. The predicted octanol–water partition coefficient (Wildman–Crippen LogP) is 1.77. The summed E-state index contributed by atoms with van der Waals surface area (Å²) in [5.41, 5.74) is 0.544. The fourth-order valence-corrected chi connectivity index (χ4v) is 2.40. The van der Waals surface area contributed by atoms with Crippen LogP contribution in [0.5, 0.6) is 0 Å². The maximum atomic E-state index is 11.2. The fourth-order valence-electron chi connectivity index (χ4n) is 2.40. The number of nitrogens with zero attached hydrogens (tertiary/aromatic N) is 2. The Labute approximate surface area is 101 Å². The van der Waals surface area contributed by atoms with Gasteiger partial charge in [-0.15, -0.1) is 0 Å². The van der Waals surface area contributed by atoms with Gasteiger partial charge in [-0.2, -0.15) is 0 Å². The lowest BCUT2D eigenvalue weighted by Gasteiger charge is -2.37. The van der Waals surface area contributed by atoms with E-state index in [-0.39, 0.29) is 0 Å². The highest BCUT2D eigenvalue weighted by atomic mass is 16.4. The van der Waals surface area contributed by atoms with Crippen LogP contribution in [-0.4, -0.2) is 34.0 Å². The first kappa shape index (κ1) is 12.0. The van der Waals surface area contributed by atoms with Gasteiger partial charge in [-0.25, -0.2) is 0 Å². The Morgan fingerprint density at radius 2 is 2.47 bits per heavy atom. The van der Waals surface area contributed by atoms with Crippen LogP contribution < -0.4 is 0 Å². The molecule has 2 heterocycles. The molecule has 1 aliphatic heterocycles. The second kappa shape index (κ2) is 4.84. The highest BCUT2D eigenvalue weighted by molar-refractivity contribution is 5.74. The van der Waals surface area contributed by atoms with Crippen molar-refractivity contribution in [2.24, 2.45) is 5.41 Å².